The number of rotatable bonds is 4. The lowest BCUT2D eigenvalue weighted by molar-refractivity contribution is 0.0925. The van der Waals surface area contributed by atoms with Crippen molar-refractivity contribution in [3.05, 3.63) is 41.3 Å². The van der Waals surface area contributed by atoms with Crippen LogP contribution in [0.25, 0.3) is 11.3 Å². The lowest BCUT2D eigenvalue weighted by Crippen LogP contribution is -2.31. The van der Waals surface area contributed by atoms with Gasteiger partial charge in [0.15, 0.2) is 0 Å². The zero-order valence-corrected chi connectivity index (χ0v) is 12.1. The molecule has 4 N–H and O–H groups in total. The molecule has 2 aromatic rings. The Morgan fingerprint density at radius 1 is 1.57 bits per heavy atom. The van der Waals surface area contributed by atoms with E-state index in [-0.39, 0.29) is 22.9 Å². The van der Waals surface area contributed by atoms with Crippen LogP contribution in [-0.2, 0) is 0 Å². The highest BCUT2D eigenvalue weighted by molar-refractivity contribution is 6.30. The summed E-state index contributed by atoms with van der Waals surface area (Å²) >= 11 is 5.96. The zero-order chi connectivity index (χ0) is 15.4. The van der Waals surface area contributed by atoms with Crippen molar-refractivity contribution in [1.29, 1.82) is 0 Å². The first-order chi connectivity index (χ1) is 9.99. The van der Waals surface area contributed by atoms with Crippen LogP contribution in [-0.4, -0.2) is 33.6 Å². The molecule has 7 heteroatoms. The van der Waals surface area contributed by atoms with Crippen molar-refractivity contribution < 1.29 is 9.90 Å². The molecule has 0 fully saturated rings. The Morgan fingerprint density at radius 3 is 2.95 bits per heavy atom. The fourth-order valence-electron chi connectivity index (χ4n) is 1.77. The van der Waals surface area contributed by atoms with Crippen LogP contribution in [0, 0.1) is 0 Å². The normalized spacial score (nSPS) is 12.0. The van der Waals surface area contributed by atoms with Gasteiger partial charge in [-0.25, -0.2) is 4.98 Å². The molecule has 110 valence electrons. The van der Waals surface area contributed by atoms with Gasteiger partial charge in [-0.15, -0.1) is 0 Å². The van der Waals surface area contributed by atoms with Crippen molar-refractivity contribution in [3.8, 4) is 11.3 Å². The number of nitrogens with zero attached hydrogens (tertiary/aromatic N) is 2. The summed E-state index contributed by atoms with van der Waals surface area (Å²) in [5.74, 6) is -0.414. The minimum atomic E-state index is -0.648. The van der Waals surface area contributed by atoms with Crippen LogP contribution in [0.4, 0.5) is 5.69 Å². The van der Waals surface area contributed by atoms with Crippen LogP contribution < -0.4 is 11.1 Å². The fourth-order valence-corrected chi connectivity index (χ4v) is 1.96. The third kappa shape index (κ3) is 3.68. The highest BCUT2D eigenvalue weighted by Crippen LogP contribution is 2.28. The van der Waals surface area contributed by atoms with E-state index in [1.54, 1.807) is 31.5 Å². The van der Waals surface area contributed by atoms with Gasteiger partial charge in [0, 0.05) is 24.5 Å². The van der Waals surface area contributed by atoms with E-state index >= 15 is 0 Å². The minimum Gasteiger partial charge on any atom is -0.396 e. The van der Waals surface area contributed by atoms with Gasteiger partial charge in [-0.05, 0) is 25.1 Å². The summed E-state index contributed by atoms with van der Waals surface area (Å²) in [4.78, 5) is 20.2. The monoisotopic (exact) mass is 306 g/mol. The van der Waals surface area contributed by atoms with Gasteiger partial charge in [0.2, 0.25) is 0 Å². The third-order valence-corrected chi connectivity index (χ3v) is 2.96. The second-order valence-corrected chi connectivity index (χ2v) is 4.94. The molecule has 2 rings (SSSR count). The van der Waals surface area contributed by atoms with E-state index in [1.165, 1.54) is 6.07 Å². The smallest absolute Gasteiger partial charge is 0.253 e. The average molecular weight is 307 g/mol. The first kappa shape index (κ1) is 15.2. The number of nitrogens with two attached hydrogens (primary N) is 1. The van der Waals surface area contributed by atoms with Crippen molar-refractivity contribution >= 4 is 23.2 Å². The third-order valence-electron chi connectivity index (χ3n) is 2.76. The van der Waals surface area contributed by atoms with E-state index in [0.29, 0.717) is 11.3 Å². The number of nitrogens with one attached hydrogen (secondary N) is 1. The Labute approximate surface area is 127 Å². The number of hydrogen-bond acceptors (Lipinski definition) is 5. The number of aromatic nitrogens is 2. The van der Waals surface area contributed by atoms with Crippen LogP contribution in [0.1, 0.15) is 17.3 Å². The number of nitrogen functional groups attached to an aromatic ring is 1. The number of carbonyl (C=O) groups excluding carboxylic acids is 1. The van der Waals surface area contributed by atoms with Gasteiger partial charge in [-0.3, -0.25) is 9.78 Å². The zero-order valence-electron chi connectivity index (χ0n) is 11.4. The Kier molecular flexibility index (Phi) is 4.72. The van der Waals surface area contributed by atoms with E-state index in [0.717, 1.165) is 0 Å². The highest BCUT2D eigenvalue weighted by Gasteiger charge is 2.17. The molecule has 0 aromatic carbocycles. The molecule has 0 saturated carbocycles. The number of halogens is 1. The van der Waals surface area contributed by atoms with Crippen molar-refractivity contribution in [2.24, 2.45) is 0 Å². The molecule has 0 aliphatic heterocycles. The molecular weight excluding hydrogens is 292 g/mol. The first-order valence-corrected chi connectivity index (χ1v) is 6.69. The number of pyridine rings is 2. The second-order valence-electron chi connectivity index (χ2n) is 4.56. The van der Waals surface area contributed by atoms with Crippen LogP contribution in [0.2, 0.25) is 5.15 Å². The summed E-state index contributed by atoms with van der Waals surface area (Å²) in [5, 5.41) is 11.9. The standard InChI is InChI=1S/C14H15ClN4O2/c1-8(20)6-18-14(21)10-5-11(15)19-13(12(10)16)9-3-2-4-17-7-9/h2-5,7-8,20H,6,16H2,1H3,(H,18,21)/t8-/m1/s1. The lowest BCUT2D eigenvalue weighted by Gasteiger charge is -2.12. The molecular formula is C14H15ClN4O2. The van der Waals surface area contributed by atoms with Gasteiger partial charge < -0.3 is 16.2 Å². The van der Waals surface area contributed by atoms with Gasteiger partial charge in [-0.1, -0.05) is 11.6 Å². The van der Waals surface area contributed by atoms with Crippen molar-refractivity contribution in [2.75, 3.05) is 12.3 Å². The van der Waals surface area contributed by atoms with Gasteiger partial charge >= 0.3 is 0 Å². The number of amides is 1. The summed E-state index contributed by atoms with van der Waals surface area (Å²) in [6.07, 6.45) is 2.57. The van der Waals surface area contributed by atoms with Gasteiger partial charge in [-0.2, -0.15) is 0 Å². The quantitative estimate of drug-likeness (QED) is 0.743. The minimum absolute atomic E-state index is 0.125. The predicted molar refractivity (Wildman–Crippen MR) is 80.9 cm³/mol. The predicted octanol–water partition coefficient (Wildman–Crippen LogP) is 1.49. The molecule has 6 nitrogen and oxygen atoms in total. The molecule has 0 saturated heterocycles. The average Bonchev–Trinajstić information content (AvgIpc) is 2.47. The summed E-state index contributed by atoms with van der Waals surface area (Å²) in [7, 11) is 0. The molecule has 0 aliphatic carbocycles. The molecule has 21 heavy (non-hydrogen) atoms. The Bertz CT molecular complexity index is 647. The van der Waals surface area contributed by atoms with Crippen LogP contribution in [0.5, 0.6) is 0 Å². The maximum atomic E-state index is 12.1. The molecule has 0 bridgehead atoms. The molecule has 2 aromatic heterocycles. The molecule has 1 atom stereocenters. The second kappa shape index (κ2) is 6.51. The van der Waals surface area contributed by atoms with Crippen LogP contribution in [0.3, 0.4) is 0 Å². The number of aliphatic hydroxyl groups excluding tert-OH is 1. The molecule has 0 unspecified atom stereocenters. The fraction of sp³-hybridized carbons (Fsp3) is 0.214. The molecule has 0 radical (unpaired) electrons. The largest absolute Gasteiger partial charge is 0.396 e. The Hall–Kier alpha value is -2.18. The maximum absolute atomic E-state index is 12.1. The Balaban J connectivity index is 2.40. The molecule has 0 aliphatic rings. The van der Waals surface area contributed by atoms with Crippen molar-refractivity contribution in [2.45, 2.75) is 13.0 Å². The lowest BCUT2D eigenvalue weighted by atomic mass is 10.1. The van der Waals surface area contributed by atoms with Gasteiger partial charge in [0.05, 0.1) is 23.0 Å². The number of aliphatic hydroxyl groups is 1. The van der Waals surface area contributed by atoms with E-state index in [4.69, 9.17) is 17.3 Å². The molecule has 1 amide bonds. The first-order valence-electron chi connectivity index (χ1n) is 6.31. The van der Waals surface area contributed by atoms with E-state index in [2.05, 4.69) is 15.3 Å². The summed E-state index contributed by atoms with van der Waals surface area (Å²) in [6, 6.07) is 4.91. The van der Waals surface area contributed by atoms with E-state index in [1.807, 2.05) is 0 Å². The maximum Gasteiger partial charge on any atom is 0.253 e. The topological polar surface area (TPSA) is 101 Å². The van der Waals surface area contributed by atoms with Crippen molar-refractivity contribution in [1.82, 2.24) is 15.3 Å². The van der Waals surface area contributed by atoms with Gasteiger partial charge in [0.25, 0.3) is 5.91 Å². The summed E-state index contributed by atoms with van der Waals surface area (Å²) in [6.45, 7) is 1.70. The summed E-state index contributed by atoms with van der Waals surface area (Å²) in [5.41, 5.74) is 7.52. The van der Waals surface area contributed by atoms with Gasteiger partial charge in [0.1, 0.15) is 5.15 Å². The van der Waals surface area contributed by atoms with Crippen molar-refractivity contribution in [3.63, 3.8) is 0 Å². The Morgan fingerprint density at radius 2 is 2.33 bits per heavy atom. The number of carbonyl (C=O) groups is 1. The van der Waals surface area contributed by atoms with Crippen LogP contribution in [0.15, 0.2) is 30.6 Å². The van der Waals surface area contributed by atoms with Crippen LogP contribution >= 0.6 is 11.6 Å². The summed E-state index contributed by atoms with van der Waals surface area (Å²) < 4.78 is 0. The van der Waals surface area contributed by atoms with E-state index < -0.39 is 12.0 Å². The number of hydrogen-bond donors (Lipinski definition) is 3. The molecule has 2 heterocycles. The molecule has 0 spiro atoms. The van der Waals surface area contributed by atoms with E-state index in [9.17, 15) is 9.90 Å². The highest BCUT2D eigenvalue weighted by atomic mass is 35.5. The number of anilines is 1. The SMILES string of the molecule is C[C@@H](O)CNC(=O)c1cc(Cl)nc(-c2cccnc2)c1N.